The van der Waals surface area contributed by atoms with Crippen molar-refractivity contribution in [2.75, 3.05) is 5.75 Å². The van der Waals surface area contributed by atoms with E-state index < -0.39 is 0 Å². The molecule has 1 aromatic heterocycles. The summed E-state index contributed by atoms with van der Waals surface area (Å²) in [7, 11) is 0. The highest BCUT2D eigenvalue weighted by Crippen LogP contribution is 2.16. The molecule has 4 nitrogen and oxygen atoms in total. The maximum Gasteiger partial charge on any atom is 0.250 e. The topological polar surface area (TPSA) is 54.4 Å². The van der Waals surface area contributed by atoms with Gasteiger partial charge in [0.2, 0.25) is 5.91 Å². The number of pyridine rings is 1. The summed E-state index contributed by atoms with van der Waals surface area (Å²) in [6.45, 7) is 0. The Kier molecular flexibility index (Phi) is 6.24. The molecule has 0 radical (unpaired) electrons. The third-order valence-electron chi connectivity index (χ3n) is 2.50. The first-order valence-electron chi connectivity index (χ1n) is 6.28. The van der Waals surface area contributed by atoms with Crippen LogP contribution in [0.1, 0.15) is 11.1 Å². The lowest BCUT2D eigenvalue weighted by molar-refractivity contribution is -0.118. The van der Waals surface area contributed by atoms with Crippen LogP contribution in [0.25, 0.3) is 0 Å². The van der Waals surface area contributed by atoms with Crippen molar-refractivity contribution in [3.8, 4) is 0 Å². The van der Waals surface area contributed by atoms with Gasteiger partial charge in [0.05, 0.1) is 12.0 Å². The Labute approximate surface area is 132 Å². The van der Waals surface area contributed by atoms with Gasteiger partial charge in [-0.25, -0.2) is 5.43 Å². The number of rotatable bonds is 6. The van der Waals surface area contributed by atoms with Crippen LogP contribution in [-0.4, -0.2) is 22.9 Å². The number of halogens is 1. The minimum atomic E-state index is -0.132. The van der Waals surface area contributed by atoms with Crippen LogP contribution >= 0.6 is 23.4 Å². The van der Waals surface area contributed by atoms with Gasteiger partial charge in [0, 0.05) is 23.2 Å². The SMILES string of the molecule is O=C(CSCc1cccc(Cl)c1)N/N=C/c1ccncc1. The molecule has 21 heavy (non-hydrogen) atoms. The molecule has 2 aromatic rings. The molecular weight excluding hydrogens is 306 g/mol. The van der Waals surface area contributed by atoms with Crippen molar-refractivity contribution < 1.29 is 4.79 Å². The van der Waals surface area contributed by atoms with Gasteiger partial charge in [0.15, 0.2) is 0 Å². The summed E-state index contributed by atoms with van der Waals surface area (Å²) in [4.78, 5) is 15.5. The van der Waals surface area contributed by atoms with Crippen molar-refractivity contribution in [1.82, 2.24) is 10.4 Å². The maximum atomic E-state index is 11.6. The van der Waals surface area contributed by atoms with E-state index in [2.05, 4.69) is 15.5 Å². The van der Waals surface area contributed by atoms with E-state index >= 15 is 0 Å². The van der Waals surface area contributed by atoms with Gasteiger partial charge in [-0.05, 0) is 35.4 Å². The van der Waals surface area contributed by atoms with Gasteiger partial charge in [0.25, 0.3) is 0 Å². The fraction of sp³-hybridized carbons (Fsp3) is 0.133. The van der Waals surface area contributed by atoms with Crippen LogP contribution in [0.3, 0.4) is 0 Å². The number of aromatic nitrogens is 1. The van der Waals surface area contributed by atoms with E-state index in [1.54, 1.807) is 18.6 Å². The number of hydrogen-bond acceptors (Lipinski definition) is 4. The van der Waals surface area contributed by atoms with E-state index in [1.807, 2.05) is 36.4 Å². The van der Waals surface area contributed by atoms with Crippen molar-refractivity contribution in [3.05, 3.63) is 64.9 Å². The highest BCUT2D eigenvalue weighted by Gasteiger charge is 2.01. The third kappa shape index (κ3) is 5.97. The van der Waals surface area contributed by atoms with Crippen LogP contribution in [0, 0.1) is 0 Å². The highest BCUT2D eigenvalue weighted by atomic mass is 35.5. The summed E-state index contributed by atoms with van der Waals surface area (Å²) in [5.41, 5.74) is 4.48. The third-order valence-corrected chi connectivity index (χ3v) is 3.74. The van der Waals surface area contributed by atoms with Crippen LogP contribution < -0.4 is 5.43 Å². The molecule has 1 heterocycles. The van der Waals surface area contributed by atoms with Crippen LogP contribution in [0.4, 0.5) is 0 Å². The first-order chi connectivity index (χ1) is 10.2. The Bertz CT molecular complexity index is 619. The smallest absolute Gasteiger partial charge is 0.250 e. The van der Waals surface area contributed by atoms with Gasteiger partial charge in [-0.15, -0.1) is 11.8 Å². The van der Waals surface area contributed by atoms with Crippen molar-refractivity contribution in [2.24, 2.45) is 5.10 Å². The number of nitrogens with one attached hydrogen (secondary N) is 1. The predicted octanol–water partition coefficient (Wildman–Crippen LogP) is 3.12. The van der Waals surface area contributed by atoms with Crippen LogP contribution in [0.15, 0.2) is 53.9 Å². The number of amides is 1. The molecule has 1 N–H and O–H groups in total. The fourth-order valence-corrected chi connectivity index (χ4v) is 2.53. The second kappa shape index (κ2) is 8.44. The summed E-state index contributed by atoms with van der Waals surface area (Å²) in [6.07, 6.45) is 4.93. The Balaban J connectivity index is 1.69. The molecule has 1 aromatic carbocycles. The van der Waals surface area contributed by atoms with Crippen molar-refractivity contribution in [3.63, 3.8) is 0 Å². The van der Waals surface area contributed by atoms with E-state index in [4.69, 9.17) is 11.6 Å². The van der Waals surface area contributed by atoms with E-state index in [9.17, 15) is 4.79 Å². The van der Waals surface area contributed by atoms with Crippen LogP contribution in [-0.2, 0) is 10.5 Å². The average Bonchev–Trinajstić information content (AvgIpc) is 2.48. The molecule has 0 atom stereocenters. The molecule has 0 saturated carbocycles. The molecule has 0 fully saturated rings. The lowest BCUT2D eigenvalue weighted by atomic mass is 10.2. The van der Waals surface area contributed by atoms with Crippen LogP contribution in [0.2, 0.25) is 5.02 Å². The summed E-state index contributed by atoms with van der Waals surface area (Å²) >= 11 is 7.42. The molecule has 6 heteroatoms. The number of nitrogens with zero attached hydrogens (tertiary/aromatic N) is 2. The molecular formula is C15H14ClN3OS. The van der Waals surface area contributed by atoms with Gasteiger partial charge in [-0.3, -0.25) is 9.78 Å². The van der Waals surface area contributed by atoms with E-state index in [0.717, 1.165) is 16.9 Å². The first-order valence-corrected chi connectivity index (χ1v) is 7.81. The molecule has 108 valence electrons. The minimum Gasteiger partial charge on any atom is -0.272 e. The van der Waals surface area contributed by atoms with E-state index in [0.29, 0.717) is 10.8 Å². The van der Waals surface area contributed by atoms with Gasteiger partial charge >= 0.3 is 0 Å². The van der Waals surface area contributed by atoms with Crippen LogP contribution in [0.5, 0.6) is 0 Å². The molecule has 0 unspecified atom stereocenters. The van der Waals surface area contributed by atoms with Gasteiger partial charge < -0.3 is 0 Å². The van der Waals surface area contributed by atoms with Gasteiger partial charge in [-0.1, -0.05) is 23.7 Å². The predicted molar refractivity (Wildman–Crippen MR) is 87.6 cm³/mol. The van der Waals surface area contributed by atoms with Crippen molar-refractivity contribution >= 4 is 35.5 Å². The van der Waals surface area contributed by atoms with Crippen molar-refractivity contribution in [1.29, 1.82) is 0 Å². The molecule has 0 aliphatic heterocycles. The summed E-state index contributed by atoms with van der Waals surface area (Å²) in [5.74, 6) is 0.953. The zero-order chi connectivity index (χ0) is 14.9. The Hall–Kier alpha value is -1.85. The molecule has 0 aliphatic rings. The molecule has 0 bridgehead atoms. The number of thioether (sulfide) groups is 1. The maximum absolute atomic E-state index is 11.6. The average molecular weight is 320 g/mol. The standard InChI is InChI=1S/C15H14ClN3OS/c16-14-3-1-2-13(8-14)10-21-11-15(20)19-18-9-12-4-6-17-7-5-12/h1-9H,10-11H2,(H,19,20)/b18-9+. The van der Waals surface area contributed by atoms with Crippen molar-refractivity contribution in [2.45, 2.75) is 5.75 Å². The summed E-state index contributed by atoms with van der Waals surface area (Å²) < 4.78 is 0. The van der Waals surface area contributed by atoms with E-state index in [-0.39, 0.29) is 5.91 Å². The summed E-state index contributed by atoms with van der Waals surface area (Å²) in [6, 6.07) is 11.2. The Morgan fingerprint density at radius 2 is 2.14 bits per heavy atom. The number of carbonyl (C=O) groups is 1. The molecule has 0 saturated heterocycles. The Morgan fingerprint density at radius 3 is 2.90 bits per heavy atom. The zero-order valence-electron chi connectivity index (χ0n) is 11.2. The van der Waals surface area contributed by atoms with Gasteiger partial charge in [0.1, 0.15) is 0 Å². The quantitative estimate of drug-likeness (QED) is 0.657. The molecule has 2 rings (SSSR count). The minimum absolute atomic E-state index is 0.132. The zero-order valence-corrected chi connectivity index (χ0v) is 12.8. The number of hydrogen-bond donors (Lipinski definition) is 1. The lowest BCUT2D eigenvalue weighted by Crippen LogP contribution is -2.19. The largest absolute Gasteiger partial charge is 0.272 e. The number of hydrazone groups is 1. The number of carbonyl (C=O) groups excluding carboxylic acids is 1. The first kappa shape index (κ1) is 15.5. The van der Waals surface area contributed by atoms with Gasteiger partial charge in [-0.2, -0.15) is 5.10 Å². The summed E-state index contributed by atoms with van der Waals surface area (Å²) in [5, 5.41) is 4.60. The molecule has 0 aliphatic carbocycles. The monoisotopic (exact) mass is 319 g/mol. The second-order valence-electron chi connectivity index (χ2n) is 4.20. The molecule has 1 amide bonds. The second-order valence-corrected chi connectivity index (χ2v) is 5.62. The molecule has 0 spiro atoms. The fourth-order valence-electron chi connectivity index (χ4n) is 1.55. The Morgan fingerprint density at radius 1 is 1.33 bits per heavy atom. The lowest BCUT2D eigenvalue weighted by Gasteiger charge is -2.02. The number of benzene rings is 1. The normalized spacial score (nSPS) is 10.7. The highest BCUT2D eigenvalue weighted by molar-refractivity contribution is 7.99. The van der Waals surface area contributed by atoms with E-state index in [1.165, 1.54) is 11.8 Å².